The number of rotatable bonds is 13. The standard InChI is InChI=1S/C37H47ClN4O5/c1-7-14-34(43)39-31-21-28(32(46-5)22-29(31)38)35(44)40-30-19-20-42(24-33(30)47-6)25(2)23-37(36(45)41(3)4,26-15-10-8-11-16-26)27-17-12-9-13-18-27/h8-13,15-18,21-22,25,30,33H,7,14,19-20,23-24H2,1-6H3,(H,39,43)(H,40,44)/t25?,30-,33+/m1/s1. The molecular weight excluding hydrogens is 616 g/mol. The van der Waals surface area contributed by atoms with E-state index in [2.05, 4.69) is 22.5 Å². The quantitative estimate of drug-likeness (QED) is 0.242. The second-order valence-electron chi connectivity index (χ2n) is 12.4. The van der Waals surface area contributed by atoms with Crippen molar-refractivity contribution in [2.75, 3.05) is 46.7 Å². The van der Waals surface area contributed by atoms with E-state index in [-0.39, 0.29) is 46.5 Å². The third kappa shape index (κ3) is 8.15. The Morgan fingerprint density at radius 2 is 1.64 bits per heavy atom. The van der Waals surface area contributed by atoms with Gasteiger partial charge < -0.3 is 25.0 Å². The monoisotopic (exact) mass is 662 g/mol. The fourth-order valence-corrected chi connectivity index (χ4v) is 6.76. The van der Waals surface area contributed by atoms with Gasteiger partial charge in [-0.15, -0.1) is 0 Å². The Labute approximate surface area is 283 Å². The van der Waals surface area contributed by atoms with Crippen molar-refractivity contribution in [1.82, 2.24) is 15.1 Å². The van der Waals surface area contributed by atoms with E-state index < -0.39 is 5.41 Å². The fraction of sp³-hybridized carbons (Fsp3) is 0.432. The van der Waals surface area contributed by atoms with Gasteiger partial charge in [-0.3, -0.25) is 19.3 Å². The fourth-order valence-electron chi connectivity index (χ4n) is 6.56. The number of likely N-dealkylation sites (tertiary alicyclic amines) is 1. The Morgan fingerprint density at radius 3 is 2.17 bits per heavy atom. The Balaban J connectivity index is 1.55. The molecule has 0 spiro atoms. The van der Waals surface area contributed by atoms with Gasteiger partial charge in [-0.1, -0.05) is 79.2 Å². The number of likely N-dealkylation sites (N-methyl/N-ethyl adjacent to an activating group) is 1. The van der Waals surface area contributed by atoms with Crippen molar-refractivity contribution in [1.29, 1.82) is 0 Å². The first-order valence-corrected chi connectivity index (χ1v) is 16.5. The Bertz CT molecular complexity index is 1480. The zero-order valence-electron chi connectivity index (χ0n) is 28.2. The summed E-state index contributed by atoms with van der Waals surface area (Å²) < 4.78 is 11.4. The van der Waals surface area contributed by atoms with E-state index in [1.165, 1.54) is 13.2 Å². The minimum absolute atomic E-state index is 0.000682. The molecule has 4 rings (SSSR count). The van der Waals surface area contributed by atoms with Crippen LogP contribution in [0.5, 0.6) is 5.75 Å². The lowest BCUT2D eigenvalue weighted by molar-refractivity contribution is -0.134. The predicted octanol–water partition coefficient (Wildman–Crippen LogP) is 5.76. The summed E-state index contributed by atoms with van der Waals surface area (Å²) >= 11 is 6.40. The number of benzene rings is 3. The highest BCUT2D eigenvalue weighted by Gasteiger charge is 2.45. The van der Waals surface area contributed by atoms with E-state index in [9.17, 15) is 14.4 Å². The molecule has 0 aromatic heterocycles. The number of nitrogens with zero attached hydrogens (tertiary/aromatic N) is 2. The molecule has 1 fully saturated rings. The number of hydrogen-bond acceptors (Lipinski definition) is 6. The molecule has 47 heavy (non-hydrogen) atoms. The van der Waals surface area contributed by atoms with Gasteiger partial charge in [0.2, 0.25) is 11.8 Å². The lowest BCUT2D eigenvalue weighted by atomic mass is 9.69. The van der Waals surface area contributed by atoms with Crippen molar-refractivity contribution in [3.05, 3.63) is 94.5 Å². The molecule has 0 bridgehead atoms. The molecule has 1 unspecified atom stereocenters. The summed E-state index contributed by atoms with van der Waals surface area (Å²) in [6.07, 6.45) is 1.92. The summed E-state index contributed by atoms with van der Waals surface area (Å²) in [5.41, 5.74) is 1.63. The number of anilines is 1. The van der Waals surface area contributed by atoms with Gasteiger partial charge in [-0.25, -0.2) is 0 Å². The average Bonchev–Trinajstić information content (AvgIpc) is 3.08. The van der Waals surface area contributed by atoms with E-state index in [1.807, 2.05) is 67.6 Å². The third-order valence-electron chi connectivity index (χ3n) is 9.02. The van der Waals surface area contributed by atoms with Crippen LogP contribution < -0.4 is 15.4 Å². The molecule has 0 radical (unpaired) electrons. The van der Waals surface area contributed by atoms with Crippen LogP contribution in [0.4, 0.5) is 5.69 Å². The first-order valence-electron chi connectivity index (χ1n) is 16.1. The number of nitrogens with one attached hydrogen (secondary N) is 2. The third-order valence-corrected chi connectivity index (χ3v) is 9.34. The number of piperidine rings is 1. The second-order valence-corrected chi connectivity index (χ2v) is 12.8. The van der Waals surface area contributed by atoms with Crippen LogP contribution in [-0.4, -0.2) is 87.1 Å². The van der Waals surface area contributed by atoms with Crippen LogP contribution in [0, 0.1) is 0 Å². The minimum Gasteiger partial charge on any atom is -0.496 e. The van der Waals surface area contributed by atoms with Crippen molar-refractivity contribution in [3.8, 4) is 5.75 Å². The minimum atomic E-state index is -0.894. The molecule has 10 heteroatoms. The number of hydrogen-bond donors (Lipinski definition) is 2. The normalized spacial score (nSPS) is 17.4. The summed E-state index contributed by atoms with van der Waals surface area (Å²) in [6.45, 7) is 5.33. The molecule has 0 aliphatic carbocycles. The van der Waals surface area contributed by atoms with Crippen molar-refractivity contribution >= 4 is 35.0 Å². The van der Waals surface area contributed by atoms with Gasteiger partial charge in [0.1, 0.15) is 11.2 Å². The maximum Gasteiger partial charge on any atom is 0.255 e. The molecule has 9 nitrogen and oxygen atoms in total. The predicted molar refractivity (Wildman–Crippen MR) is 186 cm³/mol. The first kappa shape index (κ1) is 35.9. The van der Waals surface area contributed by atoms with Crippen LogP contribution in [0.1, 0.15) is 61.0 Å². The van der Waals surface area contributed by atoms with Crippen LogP contribution in [0.15, 0.2) is 72.8 Å². The van der Waals surface area contributed by atoms with Gasteiger partial charge in [-0.05, 0) is 43.4 Å². The second kappa shape index (κ2) is 16.3. The van der Waals surface area contributed by atoms with Crippen LogP contribution in [0.25, 0.3) is 0 Å². The lowest BCUT2D eigenvalue weighted by Crippen LogP contribution is -2.58. The number of amides is 3. The highest BCUT2D eigenvalue weighted by molar-refractivity contribution is 6.34. The van der Waals surface area contributed by atoms with Crippen LogP contribution in [-0.2, 0) is 19.7 Å². The zero-order chi connectivity index (χ0) is 34.1. The van der Waals surface area contributed by atoms with Gasteiger partial charge in [0.25, 0.3) is 5.91 Å². The Kier molecular flexibility index (Phi) is 12.4. The molecule has 1 aliphatic heterocycles. The molecule has 3 aromatic rings. The number of carbonyl (C=O) groups excluding carboxylic acids is 3. The van der Waals surface area contributed by atoms with Gasteiger partial charge >= 0.3 is 0 Å². The lowest BCUT2D eigenvalue weighted by Gasteiger charge is -2.44. The largest absolute Gasteiger partial charge is 0.496 e. The number of methoxy groups -OCH3 is 2. The number of ether oxygens (including phenoxy) is 2. The topological polar surface area (TPSA) is 100 Å². The van der Waals surface area contributed by atoms with E-state index in [0.29, 0.717) is 50.2 Å². The molecular formula is C37H47ClN4O5. The molecule has 1 aliphatic rings. The highest BCUT2D eigenvalue weighted by Crippen LogP contribution is 2.40. The smallest absolute Gasteiger partial charge is 0.255 e. The van der Waals surface area contributed by atoms with Crippen molar-refractivity contribution in [2.45, 2.75) is 63.1 Å². The molecule has 3 atom stereocenters. The zero-order valence-corrected chi connectivity index (χ0v) is 29.0. The summed E-state index contributed by atoms with van der Waals surface area (Å²) in [5, 5.41) is 6.22. The van der Waals surface area contributed by atoms with Crippen molar-refractivity contribution in [3.63, 3.8) is 0 Å². The SMILES string of the molecule is CCCC(=O)Nc1cc(C(=O)N[C@@H]2CCN(C(C)CC(C(=O)N(C)C)(c3ccccc3)c3ccccc3)C[C@@H]2OC)c(OC)cc1Cl. The van der Waals surface area contributed by atoms with Crippen molar-refractivity contribution in [2.24, 2.45) is 0 Å². The number of halogens is 1. The van der Waals surface area contributed by atoms with Crippen LogP contribution in [0.2, 0.25) is 5.02 Å². The van der Waals surface area contributed by atoms with Crippen LogP contribution in [0.3, 0.4) is 0 Å². The Morgan fingerprint density at radius 1 is 1.02 bits per heavy atom. The molecule has 252 valence electrons. The van der Waals surface area contributed by atoms with Gasteiger partial charge in [0.15, 0.2) is 0 Å². The molecule has 3 aromatic carbocycles. The molecule has 1 heterocycles. The Hall–Kier alpha value is -3.92. The maximum atomic E-state index is 14.2. The van der Waals surface area contributed by atoms with E-state index in [1.54, 1.807) is 32.2 Å². The van der Waals surface area contributed by atoms with Gasteiger partial charge in [0, 0.05) is 52.8 Å². The molecule has 3 amide bonds. The van der Waals surface area contributed by atoms with Gasteiger partial charge in [-0.2, -0.15) is 0 Å². The molecule has 1 saturated heterocycles. The number of carbonyl (C=O) groups is 3. The van der Waals surface area contributed by atoms with Gasteiger partial charge in [0.05, 0.1) is 35.5 Å². The molecule has 0 saturated carbocycles. The van der Waals surface area contributed by atoms with E-state index in [4.69, 9.17) is 21.1 Å². The van der Waals surface area contributed by atoms with Crippen LogP contribution >= 0.6 is 11.6 Å². The maximum absolute atomic E-state index is 14.2. The van der Waals surface area contributed by atoms with Crippen molar-refractivity contribution < 1.29 is 23.9 Å². The highest BCUT2D eigenvalue weighted by atomic mass is 35.5. The summed E-state index contributed by atoms with van der Waals surface area (Å²) in [4.78, 5) is 44.1. The molecule has 2 N–H and O–H groups in total. The summed E-state index contributed by atoms with van der Waals surface area (Å²) in [6, 6.07) is 22.8. The van der Waals surface area contributed by atoms with E-state index >= 15 is 0 Å². The summed E-state index contributed by atoms with van der Waals surface area (Å²) in [7, 11) is 6.73. The van der Waals surface area contributed by atoms with E-state index in [0.717, 1.165) is 11.1 Å². The summed E-state index contributed by atoms with van der Waals surface area (Å²) in [5.74, 6) is -0.191. The first-order chi connectivity index (χ1) is 22.5. The average molecular weight is 663 g/mol.